The maximum atomic E-state index is 2.38. The van der Waals surface area contributed by atoms with Crippen LogP contribution < -0.4 is 34.0 Å². The molecule has 0 aromatic heterocycles. The summed E-state index contributed by atoms with van der Waals surface area (Å²) in [6.45, 7) is 0. The summed E-state index contributed by atoms with van der Waals surface area (Å²) in [5.74, 6) is 0. The molecular formula is C35H42Br2P2. The zero-order valence-corrected chi connectivity index (χ0v) is 27.9. The summed E-state index contributed by atoms with van der Waals surface area (Å²) in [4.78, 5) is 0. The highest BCUT2D eigenvalue weighted by Gasteiger charge is 2.43. The van der Waals surface area contributed by atoms with Gasteiger partial charge in [0.15, 0.2) is 0 Å². The van der Waals surface area contributed by atoms with Gasteiger partial charge < -0.3 is 34.0 Å². The van der Waals surface area contributed by atoms with E-state index in [9.17, 15) is 0 Å². The Kier molecular flexibility index (Phi) is 13.4. The van der Waals surface area contributed by atoms with Crippen LogP contribution >= 0.6 is 14.5 Å². The Morgan fingerprint density at radius 3 is 0.821 bits per heavy atom. The fraction of sp³-hybridized carbons (Fsp3) is 0.314. The smallest absolute Gasteiger partial charge is 0.0846 e. The monoisotopic (exact) mass is 682 g/mol. The Morgan fingerprint density at radius 1 is 0.333 bits per heavy atom. The molecule has 206 valence electrons. The number of hydrogen-bond acceptors (Lipinski definition) is 0. The van der Waals surface area contributed by atoms with Crippen LogP contribution in [0.25, 0.3) is 0 Å². The molecule has 0 radical (unpaired) electrons. The van der Waals surface area contributed by atoms with Gasteiger partial charge in [0.1, 0.15) is 0 Å². The minimum atomic E-state index is -1.14. The van der Waals surface area contributed by atoms with Crippen LogP contribution in [-0.2, 0) is 24.6 Å². The van der Waals surface area contributed by atoms with E-state index in [2.05, 4.69) is 121 Å². The van der Waals surface area contributed by atoms with Gasteiger partial charge in [-0.05, 0) is 35.1 Å². The second kappa shape index (κ2) is 16.2. The SMILES string of the molecule is [Br-].[Br-].c1ccc(C[P+]2(Cc3ccccc3)CCCC[P+](Cc3ccccc3)(Cc3ccccc3)CCC2)cc1. The van der Waals surface area contributed by atoms with E-state index in [1.54, 1.807) is 22.3 Å². The molecule has 0 unspecified atom stereocenters. The first-order valence-corrected chi connectivity index (χ1v) is 19.1. The van der Waals surface area contributed by atoms with E-state index in [0.717, 1.165) is 0 Å². The van der Waals surface area contributed by atoms with Gasteiger partial charge in [-0.15, -0.1) is 0 Å². The summed E-state index contributed by atoms with van der Waals surface area (Å²) in [6, 6.07) is 45.6. The maximum absolute atomic E-state index is 2.38. The Labute approximate surface area is 259 Å². The zero-order chi connectivity index (χ0) is 25.2. The molecule has 0 nitrogen and oxygen atoms in total. The number of benzene rings is 4. The van der Waals surface area contributed by atoms with Gasteiger partial charge in [-0.25, -0.2) is 0 Å². The maximum Gasteiger partial charge on any atom is 0.0846 e. The van der Waals surface area contributed by atoms with Crippen molar-refractivity contribution < 1.29 is 34.0 Å². The van der Waals surface area contributed by atoms with Gasteiger partial charge >= 0.3 is 0 Å². The Balaban J connectivity index is 0.00000210. The molecule has 0 aliphatic carbocycles. The Morgan fingerprint density at radius 2 is 0.564 bits per heavy atom. The van der Waals surface area contributed by atoms with Crippen LogP contribution in [0.2, 0.25) is 0 Å². The molecule has 1 saturated heterocycles. The van der Waals surface area contributed by atoms with Crippen molar-refractivity contribution in [2.45, 2.75) is 43.9 Å². The molecule has 4 aromatic rings. The van der Waals surface area contributed by atoms with Crippen LogP contribution in [0.1, 0.15) is 41.5 Å². The summed E-state index contributed by atoms with van der Waals surface area (Å²) in [7, 11) is -2.27. The molecule has 5 rings (SSSR count). The second-order valence-electron chi connectivity index (χ2n) is 11.2. The lowest BCUT2D eigenvalue weighted by atomic mass is 10.2. The molecule has 4 aromatic carbocycles. The standard InChI is InChI=1S/C35H42P2.2BrH/c1-5-16-32(17-6-1)28-36(29-33-18-7-2-8-19-33)24-13-14-25-37(27-15-26-36,30-34-20-9-3-10-21-34)31-35-22-11-4-12-23-35;;/h1-12,16-23H,13-15,24-31H2;2*1H/q+2;;/p-2. The van der Waals surface area contributed by atoms with Crippen molar-refractivity contribution in [3.05, 3.63) is 144 Å². The van der Waals surface area contributed by atoms with Crippen LogP contribution in [0.3, 0.4) is 0 Å². The molecule has 0 saturated carbocycles. The first-order valence-electron chi connectivity index (χ1n) is 14.1. The number of rotatable bonds is 8. The summed E-state index contributed by atoms with van der Waals surface area (Å²) in [5.41, 5.74) is 6.22. The fourth-order valence-electron chi connectivity index (χ4n) is 6.49. The van der Waals surface area contributed by atoms with E-state index in [0.29, 0.717) is 0 Å². The predicted octanol–water partition coefficient (Wildman–Crippen LogP) is 4.01. The van der Waals surface area contributed by atoms with Crippen molar-refractivity contribution >= 4 is 14.5 Å². The summed E-state index contributed by atoms with van der Waals surface area (Å²) < 4.78 is 0. The van der Waals surface area contributed by atoms with Crippen molar-refractivity contribution in [2.75, 3.05) is 24.6 Å². The third kappa shape index (κ3) is 9.64. The van der Waals surface area contributed by atoms with Crippen molar-refractivity contribution in [2.24, 2.45) is 0 Å². The molecule has 1 aliphatic rings. The van der Waals surface area contributed by atoms with E-state index < -0.39 is 14.5 Å². The van der Waals surface area contributed by atoms with Gasteiger partial charge in [-0.3, -0.25) is 0 Å². The van der Waals surface area contributed by atoms with Crippen molar-refractivity contribution in [3.8, 4) is 0 Å². The molecular weight excluding hydrogens is 642 g/mol. The van der Waals surface area contributed by atoms with Gasteiger partial charge in [-0.2, -0.15) is 0 Å². The van der Waals surface area contributed by atoms with Crippen LogP contribution in [0, 0.1) is 0 Å². The van der Waals surface area contributed by atoms with Crippen molar-refractivity contribution in [3.63, 3.8) is 0 Å². The first-order chi connectivity index (χ1) is 18.2. The average molecular weight is 684 g/mol. The zero-order valence-electron chi connectivity index (χ0n) is 23.0. The van der Waals surface area contributed by atoms with Crippen molar-refractivity contribution in [1.29, 1.82) is 0 Å². The van der Waals surface area contributed by atoms with Crippen molar-refractivity contribution in [1.82, 2.24) is 0 Å². The van der Waals surface area contributed by atoms with Gasteiger partial charge in [0.05, 0.1) is 49.3 Å². The van der Waals surface area contributed by atoms with Crippen LogP contribution in [0.15, 0.2) is 121 Å². The Hall–Kier alpha value is -1.30. The van der Waals surface area contributed by atoms with E-state index in [4.69, 9.17) is 0 Å². The average Bonchev–Trinajstić information content (AvgIpc) is 3.01. The Bertz CT molecular complexity index is 1020. The lowest BCUT2D eigenvalue weighted by Crippen LogP contribution is -3.00. The van der Waals surface area contributed by atoms with Crippen LogP contribution in [-0.4, -0.2) is 24.6 Å². The minimum Gasteiger partial charge on any atom is -1.00 e. The quantitative estimate of drug-likeness (QED) is 0.247. The highest BCUT2D eigenvalue weighted by Crippen LogP contribution is 2.70. The molecule has 0 bridgehead atoms. The van der Waals surface area contributed by atoms with Gasteiger partial charge in [0.2, 0.25) is 0 Å². The molecule has 4 heteroatoms. The summed E-state index contributed by atoms with van der Waals surface area (Å²) >= 11 is 0. The van der Waals surface area contributed by atoms with E-state index >= 15 is 0 Å². The lowest BCUT2D eigenvalue weighted by Gasteiger charge is -2.29. The summed E-state index contributed by atoms with van der Waals surface area (Å²) in [5, 5.41) is 0. The molecule has 0 N–H and O–H groups in total. The van der Waals surface area contributed by atoms with E-state index in [1.807, 2.05) is 0 Å². The van der Waals surface area contributed by atoms with Gasteiger partial charge in [0.25, 0.3) is 0 Å². The van der Waals surface area contributed by atoms with Gasteiger partial charge in [-0.1, -0.05) is 121 Å². The van der Waals surface area contributed by atoms with Gasteiger partial charge in [0, 0.05) is 20.9 Å². The topological polar surface area (TPSA) is 0 Å². The third-order valence-corrected chi connectivity index (χ3v) is 17.4. The molecule has 39 heavy (non-hydrogen) atoms. The number of halogens is 2. The van der Waals surface area contributed by atoms with E-state index in [1.165, 1.54) is 68.6 Å². The highest BCUT2D eigenvalue weighted by atomic mass is 79.9. The van der Waals surface area contributed by atoms with Crippen LogP contribution in [0.5, 0.6) is 0 Å². The highest BCUT2D eigenvalue weighted by molar-refractivity contribution is 7.75. The number of hydrogen-bond donors (Lipinski definition) is 0. The molecule has 0 spiro atoms. The normalized spacial score (nSPS) is 16.4. The third-order valence-electron chi connectivity index (χ3n) is 8.22. The second-order valence-corrected chi connectivity index (χ2v) is 19.6. The molecule has 0 atom stereocenters. The van der Waals surface area contributed by atoms with E-state index in [-0.39, 0.29) is 34.0 Å². The van der Waals surface area contributed by atoms with Crippen LogP contribution in [0.4, 0.5) is 0 Å². The fourth-order valence-corrected chi connectivity index (χ4v) is 16.1. The minimum absolute atomic E-state index is 0. The molecule has 1 fully saturated rings. The first kappa shape index (κ1) is 32.2. The molecule has 0 amide bonds. The predicted molar refractivity (Wildman–Crippen MR) is 168 cm³/mol. The lowest BCUT2D eigenvalue weighted by molar-refractivity contribution is -0.00100. The largest absolute Gasteiger partial charge is 1.00 e. The molecule has 1 heterocycles. The molecule has 1 aliphatic heterocycles. The summed E-state index contributed by atoms with van der Waals surface area (Å²) in [6.07, 6.45) is 15.2.